The van der Waals surface area contributed by atoms with Gasteiger partial charge in [-0.05, 0) is 31.2 Å². The van der Waals surface area contributed by atoms with E-state index in [2.05, 4.69) is 34.7 Å². The first-order valence-corrected chi connectivity index (χ1v) is 6.54. The van der Waals surface area contributed by atoms with E-state index < -0.39 is 0 Å². The van der Waals surface area contributed by atoms with E-state index >= 15 is 0 Å². The Morgan fingerprint density at radius 2 is 2.17 bits per heavy atom. The highest BCUT2D eigenvalue weighted by molar-refractivity contribution is 5.21. The van der Waals surface area contributed by atoms with Gasteiger partial charge in [0, 0.05) is 38.1 Å². The maximum absolute atomic E-state index is 9.42. The molecule has 18 heavy (non-hydrogen) atoms. The lowest BCUT2D eigenvalue weighted by Gasteiger charge is -2.41. The van der Waals surface area contributed by atoms with Gasteiger partial charge in [-0.25, -0.2) is 0 Å². The van der Waals surface area contributed by atoms with Gasteiger partial charge >= 0.3 is 0 Å². The van der Waals surface area contributed by atoms with Crippen LogP contribution in [-0.2, 0) is 0 Å². The second kappa shape index (κ2) is 5.94. The molecule has 1 aromatic heterocycles. The van der Waals surface area contributed by atoms with Crippen LogP contribution in [0.2, 0.25) is 0 Å². The van der Waals surface area contributed by atoms with Crippen molar-refractivity contribution in [2.24, 2.45) is 0 Å². The average Bonchev–Trinajstić information content (AvgIpc) is 2.41. The van der Waals surface area contributed by atoms with Crippen LogP contribution in [0.25, 0.3) is 0 Å². The SMILES string of the molecule is CCN1CCN(C(C#N)c2ccncc2)CC1C. The number of nitrogens with zero attached hydrogens (tertiary/aromatic N) is 4. The average molecular weight is 244 g/mol. The van der Waals surface area contributed by atoms with Crippen LogP contribution in [0.4, 0.5) is 0 Å². The number of rotatable bonds is 3. The molecule has 1 aromatic rings. The van der Waals surface area contributed by atoms with E-state index in [9.17, 15) is 5.26 Å². The number of pyridine rings is 1. The maximum atomic E-state index is 9.42. The van der Waals surface area contributed by atoms with Crippen LogP contribution < -0.4 is 0 Å². The van der Waals surface area contributed by atoms with E-state index in [1.807, 2.05) is 12.1 Å². The van der Waals surface area contributed by atoms with Crippen molar-refractivity contribution in [2.75, 3.05) is 26.2 Å². The molecule has 4 heteroatoms. The van der Waals surface area contributed by atoms with Crippen molar-refractivity contribution in [1.29, 1.82) is 5.26 Å². The highest BCUT2D eigenvalue weighted by Gasteiger charge is 2.28. The molecule has 0 aliphatic carbocycles. The van der Waals surface area contributed by atoms with Gasteiger partial charge in [0.2, 0.25) is 0 Å². The van der Waals surface area contributed by atoms with E-state index in [0.717, 1.165) is 31.7 Å². The summed E-state index contributed by atoms with van der Waals surface area (Å²) in [5, 5.41) is 9.42. The highest BCUT2D eigenvalue weighted by atomic mass is 15.3. The van der Waals surface area contributed by atoms with Crippen molar-refractivity contribution >= 4 is 0 Å². The predicted molar refractivity (Wildman–Crippen MR) is 70.9 cm³/mol. The first-order valence-electron chi connectivity index (χ1n) is 6.54. The fourth-order valence-corrected chi connectivity index (χ4v) is 2.64. The smallest absolute Gasteiger partial charge is 0.124 e. The number of piperazine rings is 1. The van der Waals surface area contributed by atoms with Gasteiger partial charge in [-0.15, -0.1) is 0 Å². The summed E-state index contributed by atoms with van der Waals surface area (Å²) in [6, 6.07) is 6.66. The summed E-state index contributed by atoms with van der Waals surface area (Å²) in [7, 11) is 0. The summed E-state index contributed by atoms with van der Waals surface area (Å²) < 4.78 is 0. The monoisotopic (exact) mass is 244 g/mol. The molecule has 0 radical (unpaired) electrons. The number of likely N-dealkylation sites (N-methyl/N-ethyl adjacent to an activating group) is 1. The summed E-state index contributed by atoms with van der Waals surface area (Å²) in [4.78, 5) is 8.74. The first kappa shape index (κ1) is 13.0. The summed E-state index contributed by atoms with van der Waals surface area (Å²) in [6.45, 7) is 8.46. The minimum Gasteiger partial charge on any atom is -0.298 e. The standard InChI is InChI=1S/C14H20N4/c1-3-17-8-9-18(11-12(17)2)14(10-15)13-4-6-16-7-5-13/h4-7,12,14H,3,8-9,11H2,1-2H3. The molecule has 0 N–H and O–H groups in total. The Bertz CT molecular complexity index is 412. The normalized spacial score (nSPS) is 23.5. The fourth-order valence-electron chi connectivity index (χ4n) is 2.64. The zero-order chi connectivity index (χ0) is 13.0. The number of nitriles is 1. The van der Waals surface area contributed by atoms with E-state index in [4.69, 9.17) is 0 Å². The lowest BCUT2D eigenvalue weighted by molar-refractivity contribution is 0.0730. The van der Waals surface area contributed by atoms with Gasteiger partial charge < -0.3 is 0 Å². The summed E-state index contributed by atoms with van der Waals surface area (Å²) >= 11 is 0. The molecule has 1 aliphatic heterocycles. The maximum Gasteiger partial charge on any atom is 0.124 e. The van der Waals surface area contributed by atoms with E-state index in [1.54, 1.807) is 12.4 Å². The summed E-state index contributed by atoms with van der Waals surface area (Å²) in [6.07, 6.45) is 3.51. The van der Waals surface area contributed by atoms with Crippen molar-refractivity contribution < 1.29 is 0 Å². The molecule has 1 fully saturated rings. The molecule has 2 unspecified atom stereocenters. The van der Waals surface area contributed by atoms with Crippen LogP contribution in [0.3, 0.4) is 0 Å². The molecule has 2 rings (SSSR count). The molecule has 2 atom stereocenters. The molecule has 0 amide bonds. The Hall–Kier alpha value is -1.44. The van der Waals surface area contributed by atoms with Gasteiger partial charge in [-0.1, -0.05) is 6.92 Å². The quantitative estimate of drug-likeness (QED) is 0.811. The molecule has 0 bridgehead atoms. The molecule has 2 heterocycles. The molecule has 1 saturated heterocycles. The van der Waals surface area contributed by atoms with Gasteiger partial charge in [0.1, 0.15) is 6.04 Å². The van der Waals surface area contributed by atoms with Crippen LogP contribution in [-0.4, -0.2) is 47.0 Å². The third-order valence-corrected chi connectivity index (χ3v) is 3.71. The Morgan fingerprint density at radius 3 is 2.72 bits per heavy atom. The Balaban J connectivity index is 2.09. The largest absolute Gasteiger partial charge is 0.298 e. The van der Waals surface area contributed by atoms with Crippen molar-refractivity contribution in [3.05, 3.63) is 30.1 Å². The lowest BCUT2D eigenvalue weighted by atomic mass is 10.1. The van der Waals surface area contributed by atoms with Gasteiger partial charge in [-0.3, -0.25) is 14.8 Å². The fraction of sp³-hybridized carbons (Fsp3) is 0.571. The Morgan fingerprint density at radius 1 is 1.44 bits per heavy atom. The third-order valence-electron chi connectivity index (χ3n) is 3.71. The minimum atomic E-state index is -0.144. The molecule has 4 nitrogen and oxygen atoms in total. The zero-order valence-electron chi connectivity index (χ0n) is 11.1. The lowest BCUT2D eigenvalue weighted by Crippen LogP contribution is -2.52. The Kier molecular flexibility index (Phi) is 4.29. The van der Waals surface area contributed by atoms with Crippen molar-refractivity contribution in [3.63, 3.8) is 0 Å². The van der Waals surface area contributed by atoms with Gasteiger partial charge in [0.25, 0.3) is 0 Å². The molecule has 96 valence electrons. The zero-order valence-corrected chi connectivity index (χ0v) is 11.1. The van der Waals surface area contributed by atoms with Crippen LogP contribution in [0.5, 0.6) is 0 Å². The number of hydrogen-bond donors (Lipinski definition) is 0. The van der Waals surface area contributed by atoms with E-state index in [0.29, 0.717) is 6.04 Å². The van der Waals surface area contributed by atoms with Crippen LogP contribution in [0.1, 0.15) is 25.5 Å². The van der Waals surface area contributed by atoms with Gasteiger partial charge in [-0.2, -0.15) is 5.26 Å². The second-order valence-electron chi connectivity index (χ2n) is 4.78. The molecular weight excluding hydrogens is 224 g/mol. The minimum absolute atomic E-state index is 0.144. The summed E-state index contributed by atoms with van der Waals surface area (Å²) in [5.41, 5.74) is 1.05. The van der Waals surface area contributed by atoms with Gasteiger partial charge in [0.05, 0.1) is 6.07 Å². The topological polar surface area (TPSA) is 43.2 Å². The highest BCUT2D eigenvalue weighted by Crippen LogP contribution is 2.22. The van der Waals surface area contributed by atoms with Crippen LogP contribution >= 0.6 is 0 Å². The summed E-state index contributed by atoms with van der Waals surface area (Å²) in [5.74, 6) is 0. The van der Waals surface area contributed by atoms with E-state index in [1.165, 1.54) is 0 Å². The molecule has 0 spiro atoms. The van der Waals surface area contributed by atoms with Crippen molar-refractivity contribution in [2.45, 2.75) is 25.9 Å². The second-order valence-corrected chi connectivity index (χ2v) is 4.78. The number of hydrogen-bond acceptors (Lipinski definition) is 4. The number of aromatic nitrogens is 1. The van der Waals surface area contributed by atoms with Crippen LogP contribution in [0, 0.1) is 11.3 Å². The molecule has 0 saturated carbocycles. The van der Waals surface area contributed by atoms with Crippen molar-refractivity contribution in [3.8, 4) is 6.07 Å². The van der Waals surface area contributed by atoms with E-state index in [-0.39, 0.29) is 6.04 Å². The van der Waals surface area contributed by atoms with Gasteiger partial charge in [0.15, 0.2) is 0 Å². The van der Waals surface area contributed by atoms with Crippen molar-refractivity contribution in [1.82, 2.24) is 14.8 Å². The molecular formula is C14H20N4. The predicted octanol–water partition coefficient (Wildman–Crippen LogP) is 1.67. The van der Waals surface area contributed by atoms with Crippen LogP contribution in [0.15, 0.2) is 24.5 Å². The molecule has 1 aliphatic rings. The Labute approximate surface area is 109 Å². The first-order chi connectivity index (χ1) is 8.76. The molecule has 0 aromatic carbocycles. The third kappa shape index (κ3) is 2.69.